The smallest absolute Gasteiger partial charge is 0.274 e. The van der Waals surface area contributed by atoms with Gasteiger partial charge in [-0.15, -0.1) is 11.8 Å². The third-order valence-electron chi connectivity index (χ3n) is 4.67. The summed E-state index contributed by atoms with van der Waals surface area (Å²) in [6.45, 7) is 2.50. The highest BCUT2D eigenvalue weighted by atomic mass is 32.2. The molecule has 0 saturated heterocycles. The molecule has 8 nitrogen and oxygen atoms in total. The number of thioether (sulfide) groups is 1. The minimum Gasteiger partial charge on any atom is -0.484 e. The molecule has 2 aromatic carbocycles. The standard InChI is InChI=1S/C23H22FN5O3S/c1-2-11-28-15-25-23-26-17(12-22(31)29(23)28)14-33-20-6-4-3-5-19(20)27-21(30)13-32-18-9-7-16(24)8-10-18/h3-10,12,15H,2,11,13-14H2,1H3,(H,27,30). The van der Waals surface area contributed by atoms with Crippen LogP contribution in [0.1, 0.15) is 19.0 Å². The summed E-state index contributed by atoms with van der Waals surface area (Å²) < 4.78 is 21.6. The first kappa shape index (κ1) is 22.5. The van der Waals surface area contributed by atoms with Crippen molar-refractivity contribution in [2.24, 2.45) is 0 Å². The van der Waals surface area contributed by atoms with Gasteiger partial charge in [-0.2, -0.15) is 9.50 Å². The number of fused-ring (bicyclic) bond motifs is 1. The average Bonchev–Trinajstić information content (AvgIpc) is 3.22. The molecule has 33 heavy (non-hydrogen) atoms. The third-order valence-corrected chi connectivity index (χ3v) is 5.78. The molecule has 0 aliphatic rings. The predicted molar refractivity (Wildman–Crippen MR) is 124 cm³/mol. The predicted octanol–water partition coefficient (Wildman–Crippen LogP) is 3.75. The molecule has 170 valence electrons. The van der Waals surface area contributed by atoms with Crippen LogP contribution in [0.25, 0.3) is 5.78 Å². The molecule has 0 fully saturated rings. The highest BCUT2D eigenvalue weighted by Crippen LogP contribution is 2.29. The molecule has 0 bridgehead atoms. The number of hydrogen-bond acceptors (Lipinski definition) is 6. The van der Waals surface area contributed by atoms with E-state index in [0.29, 0.717) is 35.2 Å². The van der Waals surface area contributed by atoms with Crippen LogP contribution in [-0.4, -0.2) is 31.7 Å². The molecular weight excluding hydrogens is 445 g/mol. The van der Waals surface area contributed by atoms with Gasteiger partial charge in [-0.1, -0.05) is 19.1 Å². The first-order valence-electron chi connectivity index (χ1n) is 10.4. The van der Waals surface area contributed by atoms with Crippen molar-refractivity contribution in [1.82, 2.24) is 19.2 Å². The van der Waals surface area contributed by atoms with Crippen molar-refractivity contribution in [3.63, 3.8) is 0 Å². The Morgan fingerprint density at radius 1 is 1.18 bits per heavy atom. The summed E-state index contributed by atoms with van der Waals surface area (Å²) in [6, 6.07) is 14.3. The monoisotopic (exact) mass is 467 g/mol. The topological polar surface area (TPSA) is 90.5 Å². The summed E-state index contributed by atoms with van der Waals surface area (Å²) in [7, 11) is 0. The Kier molecular flexibility index (Phi) is 7.04. The van der Waals surface area contributed by atoms with Gasteiger partial charge in [-0.25, -0.2) is 9.37 Å². The number of benzene rings is 2. The zero-order chi connectivity index (χ0) is 23.2. The number of aromatic nitrogens is 4. The van der Waals surface area contributed by atoms with Gasteiger partial charge in [0.2, 0.25) is 0 Å². The number of ether oxygens (including phenoxy) is 1. The third kappa shape index (κ3) is 5.58. The van der Waals surface area contributed by atoms with Crippen LogP contribution >= 0.6 is 11.8 Å². The first-order valence-corrected chi connectivity index (χ1v) is 11.4. The van der Waals surface area contributed by atoms with Crippen molar-refractivity contribution in [1.29, 1.82) is 0 Å². The Morgan fingerprint density at radius 2 is 1.97 bits per heavy atom. The van der Waals surface area contributed by atoms with Gasteiger partial charge in [0, 0.05) is 23.3 Å². The van der Waals surface area contributed by atoms with Crippen LogP contribution in [0.5, 0.6) is 5.75 Å². The molecule has 0 saturated carbocycles. The lowest BCUT2D eigenvalue weighted by Crippen LogP contribution is -2.21. The zero-order valence-corrected chi connectivity index (χ0v) is 18.7. The average molecular weight is 468 g/mol. The number of carbonyl (C=O) groups excluding carboxylic acids is 1. The molecule has 2 heterocycles. The fourth-order valence-corrected chi connectivity index (χ4v) is 4.08. The summed E-state index contributed by atoms with van der Waals surface area (Å²) in [5.41, 5.74) is 1.05. The Hall–Kier alpha value is -3.66. The van der Waals surface area contributed by atoms with Gasteiger partial charge in [0.15, 0.2) is 6.61 Å². The van der Waals surface area contributed by atoms with Gasteiger partial charge in [0.05, 0.1) is 11.4 Å². The maximum atomic E-state index is 13.0. The zero-order valence-electron chi connectivity index (χ0n) is 17.9. The lowest BCUT2D eigenvalue weighted by atomic mass is 10.3. The maximum Gasteiger partial charge on any atom is 0.274 e. The second kappa shape index (κ2) is 10.3. The number of anilines is 1. The van der Waals surface area contributed by atoms with Crippen LogP contribution in [0, 0.1) is 5.82 Å². The summed E-state index contributed by atoms with van der Waals surface area (Å²) in [6.07, 6.45) is 2.50. The molecule has 0 radical (unpaired) electrons. The summed E-state index contributed by atoms with van der Waals surface area (Å²) in [4.78, 5) is 34.4. The molecular formula is C23H22FN5O3S. The van der Waals surface area contributed by atoms with Gasteiger partial charge < -0.3 is 10.1 Å². The van der Waals surface area contributed by atoms with E-state index in [1.54, 1.807) is 17.1 Å². The summed E-state index contributed by atoms with van der Waals surface area (Å²) >= 11 is 1.45. The molecule has 0 aliphatic heterocycles. The quantitative estimate of drug-likeness (QED) is 0.377. The Balaban J connectivity index is 1.41. The van der Waals surface area contributed by atoms with Gasteiger partial charge >= 0.3 is 0 Å². The van der Waals surface area contributed by atoms with E-state index >= 15 is 0 Å². The lowest BCUT2D eigenvalue weighted by Gasteiger charge is -2.11. The van der Waals surface area contributed by atoms with Crippen molar-refractivity contribution >= 4 is 29.1 Å². The minimum atomic E-state index is -0.372. The number of aryl methyl sites for hydroxylation is 1. The molecule has 1 amide bonds. The molecule has 2 aromatic heterocycles. The van der Waals surface area contributed by atoms with Gasteiger partial charge in [-0.05, 0) is 42.8 Å². The van der Waals surface area contributed by atoms with Gasteiger partial charge in [0.25, 0.3) is 17.2 Å². The fourth-order valence-electron chi connectivity index (χ4n) is 3.18. The van der Waals surface area contributed by atoms with E-state index in [9.17, 15) is 14.0 Å². The highest BCUT2D eigenvalue weighted by Gasteiger charge is 2.11. The molecule has 4 rings (SSSR count). The number of para-hydroxylation sites is 1. The fraction of sp³-hybridized carbons (Fsp3) is 0.217. The van der Waals surface area contributed by atoms with Crippen LogP contribution in [-0.2, 0) is 17.1 Å². The SMILES string of the molecule is CCCn1cnc2nc(CSc3ccccc3NC(=O)COc3ccc(F)cc3)cc(=O)n21. The number of halogens is 1. The van der Waals surface area contributed by atoms with Gasteiger partial charge in [-0.3, -0.25) is 14.3 Å². The Labute approximate surface area is 193 Å². The van der Waals surface area contributed by atoms with E-state index in [0.717, 1.165) is 11.3 Å². The van der Waals surface area contributed by atoms with Crippen LogP contribution in [0.15, 0.2) is 70.6 Å². The van der Waals surface area contributed by atoms with E-state index in [1.807, 2.05) is 25.1 Å². The summed E-state index contributed by atoms with van der Waals surface area (Å²) in [5.74, 6) is 0.496. The molecule has 4 aromatic rings. The number of carbonyl (C=O) groups is 1. The lowest BCUT2D eigenvalue weighted by molar-refractivity contribution is -0.118. The minimum absolute atomic E-state index is 0.180. The van der Waals surface area contributed by atoms with E-state index in [4.69, 9.17) is 4.74 Å². The number of rotatable bonds is 9. The first-order chi connectivity index (χ1) is 16.0. The molecule has 10 heteroatoms. The van der Waals surface area contributed by atoms with Crippen LogP contribution in [0.2, 0.25) is 0 Å². The van der Waals surface area contributed by atoms with E-state index < -0.39 is 0 Å². The molecule has 0 aliphatic carbocycles. The largest absolute Gasteiger partial charge is 0.484 e. The van der Waals surface area contributed by atoms with Crippen molar-refractivity contribution < 1.29 is 13.9 Å². The normalized spacial score (nSPS) is 11.0. The molecule has 1 N–H and O–H groups in total. The van der Waals surface area contributed by atoms with Crippen LogP contribution in [0.4, 0.5) is 10.1 Å². The van der Waals surface area contributed by atoms with E-state index in [1.165, 1.54) is 46.6 Å². The number of hydrogen-bond donors (Lipinski definition) is 1. The molecule has 0 unspecified atom stereocenters. The molecule has 0 spiro atoms. The van der Waals surface area contributed by atoms with Crippen LogP contribution in [0.3, 0.4) is 0 Å². The van der Waals surface area contributed by atoms with Crippen molar-refractivity contribution in [2.45, 2.75) is 30.5 Å². The van der Waals surface area contributed by atoms with E-state index in [2.05, 4.69) is 15.3 Å². The van der Waals surface area contributed by atoms with E-state index in [-0.39, 0.29) is 23.9 Å². The Bertz CT molecular complexity index is 1320. The number of nitrogens with one attached hydrogen (secondary N) is 1. The summed E-state index contributed by atoms with van der Waals surface area (Å²) in [5, 5.41) is 2.83. The Morgan fingerprint density at radius 3 is 2.76 bits per heavy atom. The van der Waals surface area contributed by atoms with Crippen molar-refractivity contribution in [3.8, 4) is 5.75 Å². The van der Waals surface area contributed by atoms with Crippen LogP contribution < -0.4 is 15.6 Å². The highest BCUT2D eigenvalue weighted by molar-refractivity contribution is 7.98. The molecule has 0 atom stereocenters. The van der Waals surface area contributed by atoms with Crippen molar-refractivity contribution in [2.75, 3.05) is 11.9 Å². The second-order valence-corrected chi connectivity index (χ2v) is 8.20. The number of amides is 1. The number of nitrogens with zero attached hydrogens (tertiary/aromatic N) is 4. The second-order valence-electron chi connectivity index (χ2n) is 7.18. The van der Waals surface area contributed by atoms with Gasteiger partial charge in [0.1, 0.15) is 17.9 Å². The maximum absolute atomic E-state index is 13.0. The van der Waals surface area contributed by atoms with Crippen molar-refractivity contribution in [3.05, 3.63) is 82.8 Å².